The first kappa shape index (κ1) is 15.6. The molecule has 0 atom stereocenters. The number of carboxylic acids is 1. The quantitative estimate of drug-likeness (QED) is 0.655. The van der Waals surface area contributed by atoms with Gasteiger partial charge in [0.05, 0.1) is 12.2 Å². The summed E-state index contributed by atoms with van der Waals surface area (Å²) < 4.78 is 9.75. The third-order valence-corrected chi connectivity index (χ3v) is 2.18. The second kappa shape index (κ2) is 7.24. The number of amides is 3. The number of carbonyl (C=O) groups is 3. The van der Waals surface area contributed by atoms with Gasteiger partial charge in [0.15, 0.2) is 0 Å². The zero-order valence-electron chi connectivity index (χ0n) is 11.1. The van der Waals surface area contributed by atoms with Crippen molar-refractivity contribution in [2.24, 2.45) is 0 Å². The number of imide groups is 1. The number of aliphatic carboxylic acids is 1. The van der Waals surface area contributed by atoms with E-state index in [4.69, 9.17) is 9.52 Å². The number of nitrogens with one attached hydrogen (secondary N) is 2. The predicted octanol–water partition coefficient (Wildman–Crippen LogP) is -0.282. The molecule has 0 unspecified atom stereocenters. The first-order valence-corrected chi connectivity index (χ1v) is 5.68. The van der Waals surface area contributed by atoms with Crippen LogP contribution < -0.4 is 10.6 Å². The third kappa shape index (κ3) is 5.48. The summed E-state index contributed by atoms with van der Waals surface area (Å²) in [6, 6.07) is -0.748. The average molecular weight is 285 g/mol. The van der Waals surface area contributed by atoms with Gasteiger partial charge in [-0.1, -0.05) is 0 Å². The van der Waals surface area contributed by atoms with Crippen molar-refractivity contribution in [2.75, 3.05) is 13.2 Å². The van der Waals surface area contributed by atoms with E-state index in [-0.39, 0.29) is 6.54 Å². The van der Waals surface area contributed by atoms with Gasteiger partial charge < -0.3 is 19.6 Å². The van der Waals surface area contributed by atoms with Crippen LogP contribution in [-0.2, 0) is 20.9 Å². The summed E-state index contributed by atoms with van der Waals surface area (Å²) in [5.74, 6) is -0.967. The first-order chi connectivity index (χ1) is 9.38. The van der Waals surface area contributed by atoms with Gasteiger partial charge in [-0.2, -0.15) is 0 Å². The molecule has 9 nitrogen and oxygen atoms in total. The molecule has 0 spiro atoms. The van der Waals surface area contributed by atoms with Gasteiger partial charge in [-0.15, -0.1) is 0 Å². The molecule has 0 radical (unpaired) electrons. The van der Waals surface area contributed by atoms with Crippen molar-refractivity contribution in [2.45, 2.75) is 20.4 Å². The Bertz CT molecular complexity index is 491. The van der Waals surface area contributed by atoms with Crippen molar-refractivity contribution in [1.82, 2.24) is 15.6 Å². The smallest absolute Gasteiger partial charge is 0.329 e. The zero-order valence-corrected chi connectivity index (χ0v) is 11.1. The number of hydrogen-bond donors (Lipinski definition) is 3. The van der Waals surface area contributed by atoms with Crippen LogP contribution in [0.5, 0.6) is 0 Å². The Balaban J connectivity index is 2.26. The van der Waals surface area contributed by atoms with E-state index in [9.17, 15) is 14.4 Å². The summed E-state index contributed by atoms with van der Waals surface area (Å²) in [5, 5.41) is 12.6. The number of carboxylic acid groups (broad SMARTS) is 1. The molecule has 0 saturated carbocycles. The van der Waals surface area contributed by atoms with Gasteiger partial charge in [0.2, 0.25) is 5.89 Å². The molecule has 0 saturated heterocycles. The Morgan fingerprint density at radius 1 is 1.30 bits per heavy atom. The van der Waals surface area contributed by atoms with Gasteiger partial charge in [-0.05, 0) is 13.8 Å². The lowest BCUT2D eigenvalue weighted by Gasteiger charge is -2.04. The highest BCUT2D eigenvalue weighted by molar-refractivity contribution is 5.94. The van der Waals surface area contributed by atoms with Gasteiger partial charge in [0, 0.05) is 0 Å². The molecule has 0 aromatic carbocycles. The Morgan fingerprint density at radius 2 is 2.00 bits per heavy atom. The summed E-state index contributed by atoms with van der Waals surface area (Å²) >= 11 is 0. The molecule has 1 aromatic rings. The fourth-order valence-electron chi connectivity index (χ4n) is 1.21. The average Bonchev–Trinajstić information content (AvgIpc) is 2.66. The lowest BCUT2D eigenvalue weighted by atomic mass is 10.4. The van der Waals surface area contributed by atoms with Crippen molar-refractivity contribution in [1.29, 1.82) is 0 Å². The molecule has 0 fully saturated rings. The van der Waals surface area contributed by atoms with Gasteiger partial charge >= 0.3 is 12.0 Å². The Labute approximate surface area is 114 Å². The molecule has 1 rings (SSSR count). The van der Waals surface area contributed by atoms with E-state index in [0.717, 1.165) is 5.69 Å². The largest absolute Gasteiger partial charge is 0.480 e. The van der Waals surface area contributed by atoms with Gasteiger partial charge in [-0.3, -0.25) is 10.1 Å². The SMILES string of the molecule is Cc1nc(CNC(=O)NC(=O)COCC(=O)O)oc1C. The number of aryl methyl sites for hydroxylation is 2. The maximum absolute atomic E-state index is 11.3. The van der Waals surface area contributed by atoms with Crippen LogP contribution in [0.1, 0.15) is 17.3 Å². The molecule has 0 bridgehead atoms. The van der Waals surface area contributed by atoms with Crippen molar-refractivity contribution in [3.8, 4) is 0 Å². The van der Waals surface area contributed by atoms with E-state index in [1.165, 1.54) is 0 Å². The van der Waals surface area contributed by atoms with Crippen LogP contribution in [0.2, 0.25) is 0 Å². The number of hydrogen-bond acceptors (Lipinski definition) is 6. The monoisotopic (exact) mass is 285 g/mol. The van der Waals surface area contributed by atoms with Gasteiger partial charge in [0.25, 0.3) is 5.91 Å². The van der Waals surface area contributed by atoms with Crippen LogP contribution >= 0.6 is 0 Å². The summed E-state index contributed by atoms with van der Waals surface area (Å²) in [7, 11) is 0. The summed E-state index contributed by atoms with van der Waals surface area (Å²) in [6.45, 7) is 2.42. The lowest BCUT2D eigenvalue weighted by Crippen LogP contribution is -2.41. The zero-order chi connectivity index (χ0) is 15.1. The van der Waals surface area contributed by atoms with E-state index < -0.39 is 31.1 Å². The molecule has 1 heterocycles. The molecule has 3 N–H and O–H groups in total. The summed E-state index contributed by atoms with van der Waals surface area (Å²) in [4.78, 5) is 36.7. The van der Waals surface area contributed by atoms with E-state index in [2.05, 4.69) is 15.0 Å². The Kier molecular flexibility index (Phi) is 5.66. The summed E-state index contributed by atoms with van der Waals surface area (Å²) in [6.07, 6.45) is 0. The number of aromatic nitrogens is 1. The van der Waals surface area contributed by atoms with Gasteiger partial charge in [0.1, 0.15) is 19.0 Å². The Morgan fingerprint density at radius 3 is 2.55 bits per heavy atom. The van der Waals surface area contributed by atoms with E-state index in [0.29, 0.717) is 11.7 Å². The first-order valence-electron chi connectivity index (χ1n) is 5.68. The number of rotatable bonds is 6. The number of ether oxygens (including phenoxy) is 1. The van der Waals surface area contributed by atoms with Crippen molar-refractivity contribution < 1.29 is 28.6 Å². The molecule has 1 aromatic heterocycles. The van der Waals surface area contributed by atoms with E-state index in [1.54, 1.807) is 13.8 Å². The molecule has 3 amide bonds. The van der Waals surface area contributed by atoms with Gasteiger partial charge in [-0.25, -0.2) is 14.6 Å². The Hall–Kier alpha value is -2.42. The number of oxazole rings is 1. The van der Waals surface area contributed by atoms with E-state index in [1.807, 2.05) is 5.32 Å². The second-order valence-electron chi connectivity index (χ2n) is 3.87. The van der Waals surface area contributed by atoms with Crippen molar-refractivity contribution in [3.63, 3.8) is 0 Å². The molecule has 0 aliphatic heterocycles. The van der Waals surface area contributed by atoms with Crippen LogP contribution in [0.4, 0.5) is 4.79 Å². The number of carbonyl (C=O) groups excluding carboxylic acids is 2. The molecule has 20 heavy (non-hydrogen) atoms. The van der Waals surface area contributed by atoms with Crippen LogP contribution in [0, 0.1) is 13.8 Å². The minimum Gasteiger partial charge on any atom is -0.480 e. The standard InChI is InChI=1S/C11H15N3O6/c1-6-7(2)20-9(13-6)3-12-11(18)14-8(15)4-19-5-10(16)17/h3-5H2,1-2H3,(H,16,17)(H2,12,14,15,18). The molecular weight excluding hydrogens is 270 g/mol. The fraction of sp³-hybridized carbons (Fsp3) is 0.455. The van der Waals surface area contributed by atoms with E-state index >= 15 is 0 Å². The number of nitrogens with zero attached hydrogens (tertiary/aromatic N) is 1. The summed E-state index contributed by atoms with van der Waals surface area (Å²) in [5.41, 5.74) is 0.723. The minimum atomic E-state index is -1.20. The maximum Gasteiger partial charge on any atom is 0.329 e. The third-order valence-electron chi connectivity index (χ3n) is 2.18. The topological polar surface area (TPSA) is 131 Å². The highest BCUT2D eigenvalue weighted by Gasteiger charge is 2.10. The minimum absolute atomic E-state index is 0.0315. The normalized spacial score (nSPS) is 10.1. The second-order valence-corrected chi connectivity index (χ2v) is 3.87. The highest BCUT2D eigenvalue weighted by Crippen LogP contribution is 2.07. The van der Waals surface area contributed by atoms with Crippen LogP contribution in [0.3, 0.4) is 0 Å². The van der Waals surface area contributed by atoms with Crippen LogP contribution in [-0.4, -0.2) is 41.2 Å². The molecule has 0 aliphatic carbocycles. The molecule has 9 heteroatoms. The maximum atomic E-state index is 11.3. The molecule has 110 valence electrons. The lowest BCUT2D eigenvalue weighted by molar-refractivity contribution is -0.143. The number of urea groups is 1. The molecular formula is C11H15N3O6. The predicted molar refractivity (Wildman–Crippen MR) is 64.8 cm³/mol. The molecule has 0 aliphatic rings. The van der Waals surface area contributed by atoms with Crippen LogP contribution in [0.15, 0.2) is 4.42 Å². The van der Waals surface area contributed by atoms with Crippen molar-refractivity contribution >= 4 is 17.9 Å². The van der Waals surface area contributed by atoms with Crippen molar-refractivity contribution in [3.05, 3.63) is 17.3 Å². The fourth-order valence-corrected chi connectivity index (χ4v) is 1.21. The highest BCUT2D eigenvalue weighted by atomic mass is 16.5. The van der Waals surface area contributed by atoms with Crippen LogP contribution in [0.25, 0.3) is 0 Å².